The van der Waals surface area contributed by atoms with E-state index in [0.717, 1.165) is 33.2 Å². The van der Waals surface area contributed by atoms with Gasteiger partial charge in [-0.15, -0.1) is 0 Å². The third kappa shape index (κ3) is 2.03. The van der Waals surface area contributed by atoms with Crippen LogP contribution in [-0.2, 0) is 0 Å². The van der Waals surface area contributed by atoms with Gasteiger partial charge in [-0.2, -0.15) is 0 Å². The summed E-state index contributed by atoms with van der Waals surface area (Å²) in [4.78, 5) is 15.5. The number of nitrogens with one attached hydrogen (secondary N) is 1. The molecule has 1 N–H and O–H groups in total. The van der Waals surface area contributed by atoms with Gasteiger partial charge in [0.25, 0.3) is 0 Å². The molecule has 0 unspecified atom stereocenters. The van der Waals surface area contributed by atoms with E-state index in [1.807, 2.05) is 50.4 Å². The van der Waals surface area contributed by atoms with Gasteiger partial charge in [0.1, 0.15) is 0 Å². The van der Waals surface area contributed by atoms with E-state index < -0.39 is 0 Å². The molecule has 0 spiro atoms. The van der Waals surface area contributed by atoms with Gasteiger partial charge in [-0.05, 0) is 24.6 Å². The molecule has 0 saturated carbocycles. The fourth-order valence-corrected chi connectivity index (χ4v) is 2.61. The van der Waals surface area contributed by atoms with E-state index in [1.54, 1.807) is 0 Å². The van der Waals surface area contributed by atoms with Crippen molar-refractivity contribution in [3.63, 3.8) is 0 Å². The average Bonchev–Trinajstić information content (AvgIpc) is 2.90. The number of carbonyl (C=O) groups is 1. The van der Waals surface area contributed by atoms with Gasteiger partial charge in [0, 0.05) is 34.6 Å². The van der Waals surface area contributed by atoms with Crippen molar-refractivity contribution >= 4 is 16.7 Å². The first-order chi connectivity index (χ1) is 9.70. The molecule has 0 aliphatic heterocycles. The van der Waals surface area contributed by atoms with E-state index in [-0.39, 0.29) is 5.78 Å². The highest BCUT2D eigenvalue weighted by Gasteiger charge is 2.14. The minimum atomic E-state index is 0.189. The minimum Gasteiger partial charge on any atom is -0.361 e. The Balaban J connectivity index is 2.26. The minimum absolute atomic E-state index is 0.189. The maximum atomic E-state index is 12.2. The quantitative estimate of drug-likeness (QED) is 0.680. The predicted octanol–water partition coefficient (Wildman–Crippen LogP) is 4.74. The number of H-pyrrole nitrogens is 1. The van der Waals surface area contributed by atoms with E-state index in [1.165, 1.54) is 0 Å². The lowest BCUT2D eigenvalue weighted by molar-refractivity contribution is 0.0988. The molecule has 100 valence electrons. The summed E-state index contributed by atoms with van der Waals surface area (Å²) in [6, 6.07) is 14.3. The molecule has 0 aliphatic rings. The van der Waals surface area contributed by atoms with Crippen LogP contribution in [-0.4, -0.2) is 10.8 Å². The molecule has 20 heavy (non-hydrogen) atoms. The van der Waals surface area contributed by atoms with E-state index in [9.17, 15) is 4.79 Å². The van der Waals surface area contributed by atoms with Crippen molar-refractivity contribution in [1.82, 2.24) is 4.98 Å². The number of ketones is 1. The van der Waals surface area contributed by atoms with Gasteiger partial charge in [-0.1, -0.05) is 42.8 Å². The zero-order chi connectivity index (χ0) is 14.1. The summed E-state index contributed by atoms with van der Waals surface area (Å²) in [7, 11) is 0. The third-order valence-corrected chi connectivity index (χ3v) is 3.68. The van der Waals surface area contributed by atoms with Gasteiger partial charge >= 0.3 is 0 Å². The fraction of sp³-hybridized carbons (Fsp3) is 0.167. The van der Waals surface area contributed by atoms with Gasteiger partial charge in [0.15, 0.2) is 5.78 Å². The Kier molecular flexibility index (Phi) is 3.15. The highest BCUT2D eigenvalue weighted by molar-refractivity contribution is 6.06. The first kappa shape index (κ1) is 12.7. The maximum Gasteiger partial charge on any atom is 0.163 e. The second kappa shape index (κ2) is 4.97. The van der Waals surface area contributed by atoms with Crippen LogP contribution in [0.15, 0.2) is 48.7 Å². The summed E-state index contributed by atoms with van der Waals surface area (Å²) < 4.78 is 0. The van der Waals surface area contributed by atoms with Gasteiger partial charge in [-0.3, -0.25) is 4.79 Å². The van der Waals surface area contributed by atoms with Crippen molar-refractivity contribution in [2.75, 3.05) is 0 Å². The molecule has 2 nitrogen and oxygen atoms in total. The molecule has 2 aromatic carbocycles. The van der Waals surface area contributed by atoms with Crippen LogP contribution in [0.4, 0.5) is 0 Å². The number of fused-ring (bicyclic) bond motifs is 1. The van der Waals surface area contributed by atoms with Gasteiger partial charge in [-0.25, -0.2) is 0 Å². The van der Waals surface area contributed by atoms with E-state index in [4.69, 9.17) is 0 Å². The van der Waals surface area contributed by atoms with Crippen molar-refractivity contribution in [3.05, 3.63) is 59.8 Å². The standard InChI is InChI=1S/C18H17NO/c1-3-18(20)15-10-12(2)8-9-13(15)16-11-19-17-7-5-4-6-14(16)17/h4-11,19H,3H2,1-2H3. The number of aromatic amines is 1. The number of rotatable bonds is 3. The Bertz CT molecular complexity index is 783. The topological polar surface area (TPSA) is 32.9 Å². The molecule has 1 heterocycles. The lowest BCUT2D eigenvalue weighted by Crippen LogP contribution is -2.00. The van der Waals surface area contributed by atoms with Crippen molar-refractivity contribution < 1.29 is 4.79 Å². The van der Waals surface area contributed by atoms with Gasteiger partial charge < -0.3 is 4.98 Å². The zero-order valence-electron chi connectivity index (χ0n) is 11.7. The van der Waals surface area contributed by atoms with Crippen molar-refractivity contribution in [1.29, 1.82) is 0 Å². The Morgan fingerprint density at radius 3 is 2.70 bits per heavy atom. The van der Waals surface area contributed by atoms with Crippen LogP contribution in [0.5, 0.6) is 0 Å². The predicted molar refractivity (Wildman–Crippen MR) is 83.1 cm³/mol. The Morgan fingerprint density at radius 2 is 1.90 bits per heavy atom. The van der Waals surface area contributed by atoms with Crippen LogP contribution in [0.25, 0.3) is 22.0 Å². The highest BCUT2D eigenvalue weighted by atomic mass is 16.1. The van der Waals surface area contributed by atoms with Crippen LogP contribution < -0.4 is 0 Å². The second-order valence-corrected chi connectivity index (χ2v) is 5.07. The number of aryl methyl sites for hydroxylation is 1. The Labute approximate surface area is 118 Å². The number of Topliss-reactive ketones (excluding diaryl/α,β-unsaturated/α-hetero) is 1. The highest BCUT2D eigenvalue weighted by Crippen LogP contribution is 2.32. The average molecular weight is 263 g/mol. The number of hydrogen-bond donors (Lipinski definition) is 1. The van der Waals surface area contributed by atoms with Crippen LogP contribution in [0, 0.1) is 6.92 Å². The molecule has 0 amide bonds. The van der Waals surface area contributed by atoms with Crippen LogP contribution in [0.3, 0.4) is 0 Å². The molecule has 2 heteroatoms. The largest absolute Gasteiger partial charge is 0.361 e. The molecule has 0 radical (unpaired) electrons. The number of para-hydroxylation sites is 1. The van der Waals surface area contributed by atoms with E-state index in [0.29, 0.717) is 6.42 Å². The van der Waals surface area contributed by atoms with E-state index in [2.05, 4.69) is 17.1 Å². The summed E-state index contributed by atoms with van der Waals surface area (Å²) in [6.45, 7) is 3.93. The van der Waals surface area contributed by atoms with Crippen LogP contribution >= 0.6 is 0 Å². The van der Waals surface area contributed by atoms with Gasteiger partial charge in [0.05, 0.1) is 0 Å². The summed E-state index contributed by atoms with van der Waals surface area (Å²) >= 11 is 0. The second-order valence-electron chi connectivity index (χ2n) is 5.07. The Morgan fingerprint density at radius 1 is 1.10 bits per heavy atom. The van der Waals surface area contributed by atoms with Crippen molar-refractivity contribution in [2.45, 2.75) is 20.3 Å². The molecular weight excluding hydrogens is 246 g/mol. The number of benzene rings is 2. The molecule has 3 rings (SSSR count). The normalized spacial score (nSPS) is 10.9. The molecule has 0 saturated heterocycles. The maximum absolute atomic E-state index is 12.2. The number of hydrogen-bond acceptors (Lipinski definition) is 1. The molecule has 0 aliphatic carbocycles. The number of carbonyl (C=O) groups excluding carboxylic acids is 1. The lowest BCUT2D eigenvalue weighted by Gasteiger charge is -2.08. The summed E-state index contributed by atoms with van der Waals surface area (Å²) in [5, 5.41) is 1.15. The lowest BCUT2D eigenvalue weighted by atomic mass is 9.94. The zero-order valence-corrected chi connectivity index (χ0v) is 11.7. The van der Waals surface area contributed by atoms with Crippen LogP contribution in [0.1, 0.15) is 29.3 Å². The van der Waals surface area contributed by atoms with E-state index >= 15 is 0 Å². The molecule has 0 bridgehead atoms. The monoisotopic (exact) mass is 263 g/mol. The SMILES string of the molecule is CCC(=O)c1cc(C)ccc1-c1c[nH]c2ccccc12. The summed E-state index contributed by atoms with van der Waals surface area (Å²) in [6.07, 6.45) is 2.51. The van der Waals surface area contributed by atoms with Gasteiger partial charge in [0.2, 0.25) is 0 Å². The van der Waals surface area contributed by atoms with Crippen LogP contribution in [0.2, 0.25) is 0 Å². The molecule has 1 aromatic heterocycles. The molecule has 0 fully saturated rings. The Hall–Kier alpha value is -2.35. The smallest absolute Gasteiger partial charge is 0.163 e. The van der Waals surface area contributed by atoms with Crippen molar-refractivity contribution in [2.24, 2.45) is 0 Å². The van der Waals surface area contributed by atoms with Crippen molar-refractivity contribution in [3.8, 4) is 11.1 Å². The first-order valence-electron chi connectivity index (χ1n) is 6.91. The number of aromatic nitrogens is 1. The summed E-state index contributed by atoms with van der Waals surface area (Å²) in [5.41, 5.74) is 5.14. The molecule has 0 atom stereocenters. The first-order valence-corrected chi connectivity index (χ1v) is 6.91. The third-order valence-electron chi connectivity index (χ3n) is 3.68. The molecule has 3 aromatic rings. The fourth-order valence-electron chi connectivity index (χ4n) is 2.61. The summed E-state index contributed by atoms with van der Waals surface area (Å²) in [5.74, 6) is 0.189. The molecular formula is C18H17NO.